The second kappa shape index (κ2) is 6.36. The SMILES string of the molecule is O=C(CC12CC3CC(CC(C3)C1)C2)N1CC(Oc2cc(C(F)(F)F)ccn2)C1. The predicted octanol–water partition coefficient (Wildman–Crippen LogP) is 4.30. The number of likely N-dealkylation sites (tertiary alicyclic amines) is 1. The lowest BCUT2D eigenvalue weighted by Crippen LogP contribution is -2.58. The summed E-state index contributed by atoms with van der Waals surface area (Å²) in [5.74, 6) is 2.60. The van der Waals surface area contributed by atoms with E-state index >= 15 is 0 Å². The monoisotopic (exact) mass is 394 g/mol. The molecule has 5 fully saturated rings. The van der Waals surface area contributed by atoms with Crippen molar-refractivity contribution in [1.29, 1.82) is 0 Å². The molecule has 0 atom stereocenters. The summed E-state index contributed by atoms with van der Waals surface area (Å²) in [6.45, 7) is 0.867. The number of amides is 1. The number of carbonyl (C=O) groups is 1. The first-order chi connectivity index (χ1) is 13.3. The maximum atomic E-state index is 12.8. The third-order valence-electron chi connectivity index (χ3n) is 7.24. The third-order valence-corrected chi connectivity index (χ3v) is 7.24. The summed E-state index contributed by atoms with van der Waals surface area (Å²) in [5, 5.41) is 0. The van der Waals surface area contributed by atoms with Gasteiger partial charge in [-0.25, -0.2) is 4.98 Å². The van der Waals surface area contributed by atoms with Crippen LogP contribution < -0.4 is 4.74 Å². The quantitative estimate of drug-likeness (QED) is 0.765. The fraction of sp³-hybridized carbons (Fsp3) is 0.714. The van der Waals surface area contributed by atoms with Gasteiger partial charge in [-0.2, -0.15) is 13.2 Å². The maximum absolute atomic E-state index is 12.8. The Morgan fingerprint density at radius 3 is 2.32 bits per heavy atom. The fourth-order valence-electron chi connectivity index (χ4n) is 6.48. The van der Waals surface area contributed by atoms with Crippen LogP contribution in [0.5, 0.6) is 5.88 Å². The number of hydrogen-bond acceptors (Lipinski definition) is 3. The average Bonchev–Trinajstić information content (AvgIpc) is 2.55. The van der Waals surface area contributed by atoms with Gasteiger partial charge in [0.15, 0.2) is 0 Å². The molecular formula is C21H25F3N2O2. The normalized spacial score (nSPS) is 34.4. The Kier molecular flexibility index (Phi) is 4.14. The van der Waals surface area contributed by atoms with Crippen molar-refractivity contribution in [2.45, 2.75) is 57.2 Å². The molecule has 4 bridgehead atoms. The zero-order valence-electron chi connectivity index (χ0n) is 15.8. The Labute approximate surface area is 162 Å². The van der Waals surface area contributed by atoms with Crippen molar-refractivity contribution in [2.75, 3.05) is 13.1 Å². The number of hydrogen-bond donors (Lipinski definition) is 0. The lowest BCUT2D eigenvalue weighted by atomic mass is 9.49. The van der Waals surface area contributed by atoms with Crippen molar-refractivity contribution >= 4 is 5.91 Å². The van der Waals surface area contributed by atoms with E-state index in [4.69, 9.17) is 4.74 Å². The molecule has 4 aliphatic carbocycles. The van der Waals surface area contributed by atoms with E-state index < -0.39 is 11.7 Å². The Balaban J connectivity index is 1.15. The molecule has 1 saturated heterocycles. The summed E-state index contributed by atoms with van der Waals surface area (Å²) >= 11 is 0. The minimum absolute atomic E-state index is 0.0343. The fourth-order valence-corrected chi connectivity index (χ4v) is 6.48. The van der Waals surface area contributed by atoms with Gasteiger partial charge in [0.25, 0.3) is 0 Å². The highest BCUT2D eigenvalue weighted by Gasteiger charge is 2.52. The molecule has 1 aliphatic heterocycles. The molecule has 4 saturated carbocycles. The van der Waals surface area contributed by atoms with E-state index in [0.29, 0.717) is 19.5 Å². The minimum Gasteiger partial charge on any atom is -0.471 e. The molecular weight excluding hydrogens is 369 g/mol. The van der Waals surface area contributed by atoms with Crippen LogP contribution in [0.1, 0.15) is 50.5 Å². The highest BCUT2D eigenvalue weighted by atomic mass is 19.4. The number of carbonyl (C=O) groups excluding carboxylic acids is 1. The number of alkyl halides is 3. The predicted molar refractivity (Wildman–Crippen MR) is 95.5 cm³/mol. The van der Waals surface area contributed by atoms with E-state index in [0.717, 1.165) is 36.1 Å². The average molecular weight is 394 g/mol. The van der Waals surface area contributed by atoms with E-state index in [1.54, 1.807) is 4.90 Å². The molecule has 152 valence electrons. The summed E-state index contributed by atoms with van der Waals surface area (Å²) in [6.07, 6.45) is 4.71. The van der Waals surface area contributed by atoms with Gasteiger partial charge in [0, 0.05) is 18.7 Å². The van der Waals surface area contributed by atoms with Gasteiger partial charge in [-0.3, -0.25) is 4.79 Å². The Bertz CT molecular complexity index is 738. The van der Waals surface area contributed by atoms with Gasteiger partial charge in [0.1, 0.15) is 6.10 Å². The van der Waals surface area contributed by atoms with Crippen LogP contribution in [0.3, 0.4) is 0 Å². The standard InChI is InChI=1S/C21H25F3N2O2/c22-21(23,24)16-1-2-25-18(6-16)28-17-11-26(12-17)19(27)10-20-7-13-3-14(8-20)5-15(4-13)9-20/h1-2,6,13-15,17H,3-5,7-12H2. The van der Waals surface area contributed by atoms with Gasteiger partial charge < -0.3 is 9.64 Å². The molecule has 7 heteroatoms. The maximum Gasteiger partial charge on any atom is 0.416 e. The molecule has 5 aliphatic rings. The number of pyridine rings is 1. The van der Waals surface area contributed by atoms with E-state index in [1.807, 2.05) is 0 Å². The van der Waals surface area contributed by atoms with Crippen LogP contribution in [0.15, 0.2) is 18.3 Å². The Morgan fingerprint density at radius 2 is 1.75 bits per heavy atom. The lowest BCUT2D eigenvalue weighted by molar-refractivity contribution is -0.148. The number of halogens is 3. The van der Waals surface area contributed by atoms with E-state index in [9.17, 15) is 18.0 Å². The zero-order valence-corrected chi connectivity index (χ0v) is 15.8. The first-order valence-corrected chi connectivity index (χ1v) is 10.3. The molecule has 2 heterocycles. The molecule has 0 unspecified atom stereocenters. The van der Waals surface area contributed by atoms with Gasteiger partial charge in [-0.05, 0) is 67.8 Å². The van der Waals surface area contributed by atoms with Gasteiger partial charge in [0.2, 0.25) is 11.8 Å². The second-order valence-electron chi connectivity index (χ2n) is 9.51. The number of rotatable bonds is 4. The number of aromatic nitrogens is 1. The molecule has 1 aromatic rings. The van der Waals surface area contributed by atoms with Gasteiger partial charge >= 0.3 is 6.18 Å². The highest BCUT2D eigenvalue weighted by molar-refractivity contribution is 5.78. The molecule has 0 aromatic carbocycles. The summed E-state index contributed by atoms with van der Waals surface area (Å²) < 4.78 is 43.9. The molecule has 6 rings (SSSR count). The first-order valence-electron chi connectivity index (χ1n) is 10.3. The van der Waals surface area contributed by atoms with Crippen LogP contribution >= 0.6 is 0 Å². The van der Waals surface area contributed by atoms with Crippen LogP contribution in [0.4, 0.5) is 13.2 Å². The smallest absolute Gasteiger partial charge is 0.416 e. The third kappa shape index (κ3) is 3.37. The molecule has 4 nitrogen and oxygen atoms in total. The van der Waals surface area contributed by atoms with Gasteiger partial charge in [0.05, 0.1) is 18.7 Å². The summed E-state index contributed by atoms with van der Waals surface area (Å²) in [5.41, 5.74) is -0.563. The van der Waals surface area contributed by atoms with E-state index in [2.05, 4.69) is 4.98 Å². The van der Waals surface area contributed by atoms with Crippen molar-refractivity contribution in [3.63, 3.8) is 0 Å². The first kappa shape index (κ1) is 18.3. The highest BCUT2D eigenvalue weighted by Crippen LogP contribution is 2.61. The molecule has 0 spiro atoms. The number of nitrogens with zero attached hydrogens (tertiary/aromatic N) is 2. The summed E-state index contributed by atoms with van der Waals surface area (Å²) in [6, 6.07) is 1.84. The van der Waals surface area contributed by atoms with Crippen molar-refractivity contribution in [3.05, 3.63) is 23.9 Å². The van der Waals surface area contributed by atoms with Crippen LogP contribution in [-0.2, 0) is 11.0 Å². The van der Waals surface area contributed by atoms with E-state index in [1.165, 1.54) is 38.5 Å². The Hall–Kier alpha value is -1.79. The largest absolute Gasteiger partial charge is 0.471 e. The molecule has 0 radical (unpaired) electrons. The summed E-state index contributed by atoms with van der Waals surface area (Å²) in [4.78, 5) is 18.5. The van der Waals surface area contributed by atoms with E-state index in [-0.39, 0.29) is 23.3 Å². The topological polar surface area (TPSA) is 42.4 Å². The van der Waals surface area contributed by atoms with Crippen LogP contribution in [-0.4, -0.2) is 35.0 Å². The Morgan fingerprint density at radius 1 is 1.14 bits per heavy atom. The van der Waals surface area contributed by atoms with Crippen molar-refractivity contribution in [2.24, 2.45) is 23.2 Å². The van der Waals surface area contributed by atoms with Crippen LogP contribution in [0.2, 0.25) is 0 Å². The van der Waals surface area contributed by atoms with Gasteiger partial charge in [-0.15, -0.1) is 0 Å². The van der Waals surface area contributed by atoms with Gasteiger partial charge in [-0.1, -0.05) is 0 Å². The zero-order chi connectivity index (χ0) is 19.5. The minimum atomic E-state index is -4.42. The second-order valence-corrected chi connectivity index (χ2v) is 9.51. The van der Waals surface area contributed by atoms with Crippen molar-refractivity contribution < 1.29 is 22.7 Å². The van der Waals surface area contributed by atoms with Crippen LogP contribution in [0.25, 0.3) is 0 Å². The molecule has 1 aromatic heterocycles. The van der Waals surface area contributed by atoms with Crippen LogP contribution in [0, 0.1) is 23.2 Å². The molecule has 28 heavy (non-hydrogen) atoms. The molecule has 1 amide bonds. The lowest BCUT2D eigenvalue weighted by Gasteiger charge is -2.57. The summed E-state index contributed by atoms with van der Waals surface area (Å²) in [7, 11) is 0. The van der Waals surface area contributed by atoms with Crippen molar-refractivity contribution in [3.8, 4) is 5.88 Å². The number of ether oxygens (including phenoxy) is 1. The molecule has 0 N–H and O–H groups in total. The van der Waals surface area contributed by atoms with Crippen molar-refractivity contribution in [1.82, 2.24) is 9.88 Å².